The van der Waals surface area contributed by atoms with Crippen LogP contribution in [0, 0.1) is 62.3 Å². The molecule has 5 aromatic rings. The van der Waals surface area contributed by atoms with Gasteiger partial charge in [0, 0.05) is 10.9 Å². The van der Waals surface area contributed by atoms with Crippen molar-refractivity contribution in [3.63, 3.8) is 0 Å². The molecule has 38 heavy (non-hydrogen) atoms. The molecule has 0 saturated heterocycles. The van der Waals surface area contributed by atoms with Crippen molar-refractivity contribution in [3.05, 3.63) is 117 Å². The highest BCUT2D eigenvalue weighted by Crippen LogP contribution is 2.28. The summed E-state index contributed by atoms with van der Waals surface area (Å²) >= 11 is 0. The van der Waals surface area contributed by atoms with Crippen molar-refractivity contribution in [1.29, 1.82) is 0 Å². The molecule has 190 valence electrons. The fourth-order valence-corrected chi connectivity index (χ4v) is 6.82. The molecule has 0 unspecified atom stereocenters. The van der Waals surface area contributed by atoms with Crippen molar-refractivity contribution in [2.45, 2.75) is 62.3 Å². The summed E-state index contributed by atoms with van der Waals surface area (Å²) in [6.07, 6.45) is 0. The maximum Gasteiger partial charge on any atom is 0.243 e. The van der Waals surface area contributed by atoms with Gasteiger partial charge in [0.2, 0.25) is 6.71 Å². The lowest BCUT2D eigenvalue weighted by Crippen LogP contribution is -2.57. The van der Waals surface area contributed by atoms with Gasteiger partial charge in [-0.15, -0.1) is 0 Å². The predicted octanol–water partition coefficient (Wildman–Crippen LogP) is 7.19. The summed E-state index contributed by atoms with van der Waals surface area (Å²) in [4.78, 5) is 5.21. The number of aromatic nitrogens is 1. The van der Waals surface area contributed by atoms with Gasteiger partial charge in [-0.1, -0.05) is 110 Å². The van der Waals surface area contributed by atoms with Crippen LogP contribution in [-0.4, -0.2) is 11.7 Å². The molecule has 1 heterocycles. The first-order valence-corrected chi connectivity index (χ1v) is 13.7. The predicted molar refractivity (Wildman–Crippen MR) is 167 cm³/mol. The first kappa shape index (κ1) is 26.0. The smallest absolute Gasteiger partial charge is 0.243 e. The van der Waals surface area contributed by atoms with Crippen LogP contribution in [0.1, 0.15) is 50.1 Å². The van der Waals surface area contributed by atoms with E-state index in [2.05, 4.69) is 129 Å². The number of benzene rings is 4. The van der Waals surface area contributed by atoms with Crippen LogP contribution < -0.4 is 16.4 Å². The normalized spacial score (nSPS) is 11.3. The largest absolute Gasteiger partial charge is 0.247 e. The molecule has 1 aromatic heterocycles. The highest BCUT2D eigenvalue weighted by Gasteiger charge is 2.31. The van der Waals surface area contributed by atoms with Gasteiger partial charge in [-0.25, -0.2) is 4.98 Å². The highest BCUT2D eigenvalue weighted by molar-refractivity contribution is 6.97. The molecule has 0 fully saturated rings. The second-order valence-corrected chi connectivity index (χ2v) is 11.4. The van der Waals surface area contributed by atoms with E-state index in [1.807, 2.05) is 0 Å². The molecule has 0 atom stereocenters. The molecule has 0 aliphatic heterocycles. The van der Waals surface area contributed by atoms with Crippen molar-refractivity contribution >= 4 is 34.0 Å². The van der Waals surface area contributed by atoms with Crippen LogP contribution in [0.25, 0.3) is 22.2 Å². The Labute approximate surface area is 229 Å². The third-order valence-corrected chi connectivity index (χ3v) is 8.22. The van der Waals surface area contributed by atoms with Crippen LogP contribution in [0.5, 0.6) is 0 Å². The van der Waals surface area contributed by atoms with E-state index in [9.17, 15) is 0 Å². The number of rotatable bonds is 4. The highest BCUT2D eigenvalue weighted by atomic mass is 14.7. The lowest BCUT2D eigenvalue weighted by molar-refractivity contribution is 1.31. The molecule has 0 aliphatic carbocycles. The van der Waals surface area contributed by atoms with E-state index in [0.717, 1.165) is 11.2 Å². The van der Waals surface area contributed by atoms with Crippen LogP contribution in [0.15, 0.2) is 66.7 Å². The van der Waals surface area contributed by atoms with E-state index in [1.165, 1.54) is 77.4 Å². The lowest BCUT2D eigenvalue weighted by atomic mass is 9.33. The standard InChI is InChI=1S/C36H38BN/c1-21-15-23(3)33(24(4)16-21)37(34-25(5)17-22(2)18-26(34)6)35-27(7)20-32-31(29(35)9)19-28(8)36(38-32)30-13-11-10-12-14-30/h10-20H,1-9H3. The first-order chi connectivity index (χ1) is 18.1. The Morgan fingerprint density at radius 2 is 0.974 bits per heavy atom. The number of nitrogens with zero attached hydrogens (tertiary/aromatic N) is 1. The lowest BCUT2D eigenvalue weighted by Gasteiger charge is -2.28. The van der Waals surface area contributed by atoms with E-state index in [4.69, 9.17) is 4.98 Å². The third-order valence-electron chi connectivity index (χ3n) is 8.22. The zero-order chi connectivity index (χ0) is 27.3. The second kappa shape index (κ2) is 9.91. The Kier molecular flexibility index (Phi) is 6.78. The van der Waals surface area contributed by atoms with Crippen molar-refractivity contribution in [3.8, 4) is 11.3 Å². The minimum absolute atomic E-state index is 0.162. The monoisotopic (exact) mass is 495 g/mol. The van der Waals surface area contributed by atoms with E-state index in [0.29, 0.717) is 0 Å². The quantitative estimate of drug-likeness (QED) is 0.241. The van der Waals surface area contributed by atoms with E-state index in [-0.39, 0.29) is 6.71 Å². The summed E-state index contributed by atoms with van der Waals surface area (Å²) in [6.45, 7) is 20.5. The summed E-state index contributed by atoms with van der Waals surface area (Å²) in [6, 6.07) is 24.6. The van der Waals surface area contributed by atoms with Gasteiger partial charge in [0.25, 0.3) is 0 Å². The van der Waals surface area contributed by atoms with Crippen molar-refractivity contribution < 1.29 is 0 Å². The summed E-state index contributed by atoms with van der Waals surface area (Å²) in [5.74, 6) is 0. The fraction of sp³-hybridized carbons (Fsp3) is 0.250. The average molecular weight is 496 g/mol. The number of aryl methyl sites for hydroxylation is 9. The topological polar surface area (TPSA) is 12.9 Å². The van der Waals surface area contributed by atoms with Crippen LogP contribution in [0.3, 0.4) is 0 Å². The summed E-state index contributed by atoms with van der Waals surface area (Å²) in [7, 11) is 0. The van der Waals surface area contributed by atoms with Gasteiger partial charge >= 0.3 is 0 Å². The van der Waals surface area contributed by atoms with Gasteiger partial charge in [0.1, 0.15) is 0 Å². The first-order valence-electron chi connectivity index (χ1n) is 13.7. The van der Waals surface area contributed by atoms with Gasteiger partial charge in [-0.3, -0.25) is 0 Å². The Morgan fingerprint density at radius 3 is 1.47 bits per heavy atom. The zero-order valence-electron chi connectivity index (χ0n) is 24.4. The molecule has 4 aromatic carbocycles. The Balaban J connectivity index is 1.85. The molecule has 2 heteroatoms. The average Bonchev–Trinajstić information content (AvgIpc) is 2.83. The Morgan fingerprint density at radius 1 is 0.500 bits per heavy atom. The molecule has 0 N–H and O–H groups in total. The molecule has 5 rings (SSSR count). The van der Waals surface area contributed by atoms with Crippen LogP contribution in [0.4, 0.5) is 0 Å². The third kappa shape index (κ3) is 4.47. The minimum Gasteiger partial charge on any atom is -0.247 e. The van der Waals surface area contributed by atoms with Gasteiger partial charge in [0.15, 0.2) is 0 Å². The Bertz CT molecular complexity index is 1590. The number of pyridine rings is 1. The van der Waals surface area contributed by atoms with Gasteiger partial charge in [-0.2, -0.15) is 0 Å². The SMILES string of the molecule is Cc1cc(C)c(B(c2c(C)cc(C)cc2C)c2c(C)cc3nc(-c4ccccc4)c(C)cc3c2C)c(C)c1. The van der Waals surface area contributed by atoms with Crippen molar-refractivity contribution in [2.75, 3.05) is 0 Å². The number of hydrogen-bond donors (Lipinski definition) is 0. The maximum atomic E-state index is 5.21. The summed E-state index contributed by atoms with van der Waals surface area (Å²) in [5.41, 5.74) is 19.5. The minimum atomic E-state index is 0.162. The number of fused-ring (bicyclic) bond motifs is 1. The number of hydrogen-bond acceptors (Lipinski definition) is 1. The van der Waals surface area contributed by atoms with Crippen molar-refractivity contribution in [2.24, 2.45) is 0 Å². The van der Waals surface area contributed by atoms with Crippen LogP contribution in [0.2, 0.25) is 0 Å². The molecule has 0 spiro atoms. The Hall–Kier alpha value is -3.65. The fourth-order valence-electron chi connectivity index (χ4n) is 6.82. The summed E-state index contributed by atoms with van der Waals surface area (Å²) < 4.78 is 0. The van der Waals surface area contributed by atoms with Gasteiger partial charge < -0.3 is 0 Å². The molecule has 0 aliphatic rings. The van der Waals surface area contributed by atoms with Crippen LogP contribution >= 0.6 is 0 Å². The summed E-state index contributed by atoms with van der Waals surface area (Å²) in [5, 5.41) is 1.25. The van der Waals surface area contributed by atoms with Gasteiger partial charge in [0.05, 0.1) is 11.2 Å². The van der Waals surface area contributed by atoms with E-state index in [1.54, 1.807) is 0 Å². The van der Waals surface area contributed by atoms with E-state index >= 15 is 0 Å². The second-order valence-electron chi connectivity index (χ2n) is 11.4. The van der Waals surface area contributed by atoms with Crippen LogP contribution in [-0.2, 0) is 0 Å². The molecule has 0 bridgehead atoms. The maximum absolute atomic E-state index is 5.21. The zero-order valence-corrected chi connectivity index (χ0v) is 24.4. The van der Waals surface area contributed by atoms with Crippen molar-refractivity contribution in [1.82, 2.24) is 4.98 Å². The molecule has 0 amide bonds. The molecule has 0 radical (unpaired) electrons. The molecular formula is C36H38BN. The van der Waals surface area contributed by atoms with E-state index < -0.39 is 0 Å². The molecule has 0 saturated carbocycles. The van der Waals surface area contributed by atoms with Gasteiger partial charge in [-0.05, 0) is 85.6 Å². The molecule has 1 nitrogen and oxygen atoms in total. The molecular weight excluding hydrogens is 457 g/mol.